The Labute approximate surface area is 119 Å². The molecule has 2 atom stereocenters. The summed E-state index contributed by atoms with van der Waals surface area (Å²) in [7, 11) is -3.06. The van der Waals surface area contributed by atoms with Crippen LogP contribution < -0.4 is 4.90 Å². The molecule has 2 aliphatic rings. The molecule has 110 valence electrons. The number of anilines is 1. The number of nitrogens with zero attached hydrogens (tertiary/aromatic N) is 2. The third-order valence-corrected chi connectivity index (χ3v) is 5.90. The zero-order valence-electron chi connectivity index (χ0n) is 11.4. The van der Waals surface area contributed by atoms with Crippen LogP contribution in [0.5, 0.6) is 0 Å². The van der Waals surface area contributed by atoms with Gasteiger partial charge in [-0.05, 0) is 12.1 Å². The number of piperazine rings is 1. The second kappa shape index (κ2) is 5.35. The van der Waals surface area contributed by atoms with Crippen LogP contribution in [0.15, 0.2) is 30.3 Å². The van der Waals surface area contributed by atoms with Crippen LogP contribution in [0.3, 0.4) is 0 Å². The van der Waals surface area contributed by atoms with E-state index in [4.69, 9.17) is 0 Å². The fourth-order valence-corrected chi connectivity index (χ4v) is 4.94. The molecule has 0 aliphatic carbocycles. The predicted octanol–water partition coefficient (Wildman–Crippen LogP) is -0.0335. The molecule has 0 unspecified atom stereocenters. The minimum Gasteiger partial charge on any atom is -0.390 e. The highest BCUT2D eigenvalue weighted by atomic mass is 32.2. The van der Waals surface area contributed by atoms with Crippen LogP contribution in [0.2, 0.25) is 0 Å². The number of hydrogen-bond acceptors (Lipinski definition) is 5. The Morgan fingerprint density at radius 2 is 1.65 bits per heavy atom. The third kappa shape index (κ3) is 2.82. The van der Waals surface area contributed by atoms with Crippen molar-refractivity contribution in [1.82, 2.24) is 4.90 Å². The van der Waals surface area contributed by atoms with E-state index in [-0.39, 0.29) is 17.5 Å². The van der Waals surface area contributed by atoms with Gasteiger partial charge in [-0.1, -0.05) is 18.2 Å². The van der Waals surface area contributed by atoms with E-state index in [1.165, 1.54) is 5.69 Å². The van der Waals surface area contributed by atoms with Gasteiger partial charge in [0.2, 0.25) is 0 Å². The average Bonchev–Trinajstić information content (AvgIpc) is 2.73. The molecule has 5 nitrogen and oxygen atoms in total. The van der Waals surface area contributed by atoms with E-state index in [1.54, 1.807) is 0 Å². The van der Waals surface area contributed by atoms with Crippen molar-refractivity contribution in [2.45, 2.75) is 12.1 Å². The highest BCUT2D eigenvalue weighted by Crippen LogP contribution is 2.22. The molecule has 20 heavy (non-hydrogen) atoms. The smallest absolute Gasteiger partial charge is 0.154 e. The maximum Gasteiger partial charge on any atom is 0.154 e. The van der Waals surface area contributed by atoms with Gasteiger partial charge in [-0.2, -0.15) is 0 Å². The van der Waals surface area contributed by atoms with Crippen LogP contribution in [0, 0.1) is 0 Å². The molecule has 0 spiro atoms. The van der Waals surface area contributed by atoms with Gasteiger partial charge < -0.3 is 10.0 Å². The highest BCUT2D eigenvalue weighted by molar-refractivity contribution is 7.91. The molecule has 0 amide bonds. The van der Waals surface area contributed by atoms with Crippen LogP contribution in [0.4, 0.5) is 5.69 Å². The molecule has 0 radical (unpaired) electrons. The summed E-state index contributed by atoms with van der Waals surface area (Å²) >= 11 is 0. The lowest BCUT2D eigenvalue weighted by Gasteiger charge is -2.39. The molecule has 3 rings (SSSR count). The molecule has 6 heteroatoms. The van der Waals surface area contributed by atoms with E-state index >= 15 is 0 Å². The van der Waals surface area contributed by atoms with E-state index < -0.39 is 15.9 Å². The Morgan fingerprint density at radius 3 is 2.20 bits per heavy atom. The Kier molecular flexibility index (Phi) is 3.70. The summed E-state index contributed by atoms with van der Waals surface area (Å²) in [5, 5.41) is 9.93. The van der Waals surface area contributed by atoms with E-state index in [9.17, 15) is 13.5 Å². The van der Waals surface area contributed by atoms with Gasteiger partial charge in [0, 0.05) is 31.9 Å². The molecule has 1 aromatic rings. The lowest BCUT2D eigenvalue weighted by atomic mass is 10.1. The fraction of sp³-hybridized carbons (Fsp3) is 0.571. The van der Waals surface area contributed by atoms with Crippen molar-refractivity contribution in [3.63, 3.8) is 0 Å². The number of benzene rings is 1. The standard InChI is InChI=1S/C14H20N2O3S/c17-14-11-20(18,19)10-13(14)16-8-6-15(7-9-16)12-4-2-1-3-5-12/h1-5,13-14,17H,6-11H2/t13-,14-/m1/s1. The van der Waals surface area contributed by atoms with Gasteiger partial charge in [-0.25, -0.2) is 8.42 Å². The molecule has 0 saturated carbocycles. The van der Waals surface area contributed by atoms with Crippen LogP contribution in [-0.4, -0.2) is 68.3 Å². The molecule has 0 bridgehead atoms. The molecule has 1 aromatic carbocycles. The number of aliphatic hydroxyl groups excluding tert-OH is 1. The maximum atomic E-state index is 11.6. The second-order valence-corrected chi connectivity index (χ2v) is 7.72. The van der Waals surface area contributed by atoms with E-state index in [0.717, 1.165) is 26.2 Å². The first kappa shape index (κ1) is 13.9. The van der Waals surface area contributed by atoms with Gasteiger partial charge in [0.15, 0.2) is 9.84 Å². The van der Waals surface area contributed by atoms with E-state index in [2.05, 4.69) is 21.9 Å². The van der Waals surface area contributed by atoms with Gasteiger partial charge in [0.1, 0.15) is 0 Å². The van der Waals surface area contributed by atoms with E-state index in [1.807, 2.05) is 18.2 Å². The Bertz CT molecular complexity index is 553. The number of rotatable bonds is 2. The average molecular weight is 296 g/mol. The summed E-state index contributed by atoms with van der Waals surface area (Å²) in [4.78, 5) is 4.42. The largest absolute Gasteiger partial charge is 0.390 e. The summed E-state index contributed by atoms with van der Waals surface area (Å²) in [6.07, 6.45) is -0.733. The van der Waals surface area contributed by atoms with Crippen molar-refractivity contribution in [3.05, 3.63) is 30.3 Å². The molecule has 2 aliphatic heterocycles. The highest BCUT2D eigenvalue weighted by Gasteiger charge is 2.40. The van der Waals surface area contributed by atoms with Crippen LogP contribution in [0.1, 0.15) is 0 Å². The zero-order valence-corrected chi connectivity index (χ0v) is 12.2. The lowest BCUT2D eigenvalue weighted by molar-refractivity contribution is 0.0793. The van der Waals surface area contributed by atoms with Crippen LogP contribution in [-0.2, 0) is 9.84 Å². The first-order chi connectivity index (χ1) is 9.55. The number of hydrogen-bond donors (Lipinski definition) is 1. The van der Waals surface area contributed by atoms with E-state index in [0.29, 0.717) is 0 Å². The molecule has 2 heterocycles. The molecule has 2 fully saturated rings. The normalized spacial score (nSPS) is 30.6. The SMILES string of the molecule is O=S1(=O)C[C@@H](O)[C@H](N2CCN(c3ccccc3)CC2)C1. The minimum absolute atomic E-state index is 0.0867. The van der Waals surface area contributed by atoms with Gasteiger partial charge in [0.25, 0.3) is 0 Å². The summed E-state index contributed by atoms with van der Waals surface area (Å²) in [5.41, 5.74) is 1.20. The number of sulfone groups is 1. The Morgan fingerprint density at radius 1 is 1.00 bits per heavy atom. The van der Waals surface area contributed by atoms with Crippen molar-refractivity contribution >= 4 is 15.5 Å². The molecule has 1 N–H and O–H groups in total. The first-order valence-corrected chi connectivity index (χ1v) is 8.80. The quantitative estimate of drug-likeness (QED) is 0.830. The van der Waals surface area contributed by atoms with Crippen molar-refractivity contribution in [2.75, 3.05) is 42.6 Å². The summed E-state index contributed by atoms with van der Waals surface area (Å²) in [6, 6.07) is 10.00. The summed E-state index contributed by atoms with van der Waals surface area (Å²) in [5.74, 6) is 0.00999. The van der Waals surface area contributed by atoms with Gasteiger partial charge in [0.05, 0.1) is 23.7 Å². The van der Waals surface area contributed by atoms with Gasteiger partial charge in [-0.3, -0.25) is 4.90 Å². The number of para-hydroxylation sites is 1. The summed E-state index contributed by atoms with van der Waals surface area (Å²) < 4.78 is 23.2. The maximum absolute atomic E-state index is 11.6. The van der Waals surface area contributed by atoms with Crippen LogP contribution >= 0.6 is 0 Å². The third-order valence-electron chi connectivity index (χ3n) is 4.20. The molecular formula is C14H20N2O3S. The van der Waals surface area contributed by atoms with Crippen molar-refractivity contribution in [3.8, 4) is 0 Å². The second-order valence-electron chi connectivity index (χ2n) is 5.57. The predicted molar refractivity (Wildman–Crippen MR) is 78.7 cm³/mol. The zero-order chi connectivity index (χ0) is 14.2. The molecule has 2 saturated heterocycles. The monoisotopic (exact) mass is 296 g/mol. The fourth-order valence-electron chi connectivity index (χ4n) is 3.11. The Balaban J connectivity index is 1.62. The van der Waals surface area contributed by atoms with Crippen LogP contribution in [0.25, 0.3) is 0 Å². The van der Waals surface area contributed by atoms with Crippen molar-refractivity contribution < 1.29 is 13.5 Å². The lowest BCUT2D eigenvalue weighted by Crippen LogP contribution is -2.53. The minimum atomic E-state index is -3.06. The topological polar surface area (TPSA) is 60.9 Å². The van der Waals surface area contributed by atoms with Crippen molar-refractivity contribution in [2.24, 2.45) is 0 Å². The summed E-state index contributed by atoms with van der Waals surface area (Å²) in [6.45, 7) is 3.33. The molecule has 0 aromatic heterocycles. The Hall–Kier alpha value is -1.11. The van der Waals surface area contributed by atoms with Gasteiger partial charge in [-0.15, -0.1) is 0 Å². The van der Waals surface area contributed by atoms with Crippen molar-refractivity contribution in [1.29, 1.82) is 0 Å². The number of aliphatic hydroxyl groups is 1. The van der Waals surface area contributed by atoms with Gasteiger partial charge >= 0.3 is 0 Å². The first-order valence-electron chi connectivity index (χ1n) is 6.98. The molecular weight excluding hydrogens is 276 g/mol.